The predicted molar refractivity (Wildman–Crippen MR) is 122 cm³/mol. The van der Waals surface area contributed by atoms with Crippen LogP contribution in [0.1, 0.15) is 16.1 Å². The maximum atomic E-state index is 12.1. The number of nitrogens with zero attached hydrogens (tertiary/aromatic N) is 2. The lowest BCUT2D eigenvalue weighted by Crippen LogP contribution is -2.36. The van der Waals surface area contributed by atoms with Crippen LogP contribution in [0.3, 0.4) is 0 Å². The molecule has 0 spiro atoms. The zero-order chi connectivity index (χ0) is 23.1. The number of para-hydroxylation sites is 1. The van der Waals surface area contributed by atoms with E-state index in [9.17, 15) is 9.59 Å². The van der Waals surface area contributed by atoms with Crippen molar-refractivity contribution in [3.8, 4) is 28.1 Å². The number of carbonyl (C=O) groups is 2. The van der Waals surface area contributed by atoms with Gasteiger partial charge >= 0.3 is 11.8 Å². The van der Waals surface area contributed by atoms with E-state index in [4.69, 9.17) is 14.7 Å². The van der Waals surface area contributed by atoms with Crippen LogP contribution in [0.4, 0.5) is 5.69 Å². The summed E-state index contributed by atoms with van der Waals surface area (Å²) in [4.78, 5) is 29.9. The summed E-state index contributed by atoms with van der Waals surface area (Å²) in [5.74, 6) is -0.321. The van der Waals surface area contributed by atoms with Crippen molar-refractivity contribution < 1.29 is 19.1 Å². The van der Waals surface area contributed by atoms with E-state index in [0.29, 0.717) is 23.6 Å². The molecule has 2 amide bonds. The maximum Gasteiger partial charge on any atom is 0.313 e. The topological polar surface area (TPSA) is 113 Å². The molecule has 0 fully saturated rings. The second-order valence-corrected chi connectivity index (χ2v) is 7.80. The second kappa shape index (κ2) is 10.4. The largest absolute Gasteiger partial charge is 0.493 e. The molecule has 32 heavy (non-hydrogen) atoms. The molecule has 3 rings (SSSR count). The van der Waals surface area contributed by atoms with Gasteiger partial charge in [-0.2, -0.15) is 5.26 Å². The second-order valence-electron chi connectivity index (χ2n) is 6.71. The minimum atomic E-state index is -0.820. The normalized spacial score (nSPS) is 10.2. The average molecular weight is 451 g/mol. The van der Waals surface area contributed by atoms with E-state index in [1.165, 1.54) is 11.3 Å². The van der Waals surface area contributed by atoms with Gasteiger partial charge in [-0.05, 0) is 37.3 Å². The van der Waals surface area contributed by atoms with E-state index in [-0.39, 0.29) is 12.1 Å². The van der Waals surface area contributed by atoms with Gasteiger partial charge in [-0.1, -0.05) is 12.1 Å². The fourth-order valence-corrected chi connectivity index (χ4v) is 4.05. The number of methoxy groups -OCH3 is 2. The van der Waals surface area contributed by atoms with Crippen LogP contribution in [-0.2, 0) is 16.0 Å². The van der Waals surface area contributed by atoms with E-state index in [2.05, 4.69) is 15.6 Å². The molecule has 0 aliphatic carbocycles. The molecule has 0 atom stereocenters. The first-order valence-corrected chi connectivity index (χ1v) is 10.6. The van der Waals surface area contributed by atoms with Crippen LogP contribution < -0.4 is 20.1 Å². The number of benzene rings is 2. The molecule has 8 nitrogen and oxygen atoms in total. The molecule has 0 aliphatic heterocycles. The number of hydrogen-bond donors (Lipinski definition) is 2. The number of aromatic nitrogens is 1. The summed E-state index contributed by atoms with van der Waals surface area (Å²) in [6.45, 7) is 2.18. The lowest BCUT2D eigenvalue weighted by molar-refractivity contribution is -0.136. The van der Waals surface area contributed by atoms with Gasteiger partial charge in [0.2, 0.25) is 0 Å². The van der Waals surface area contributed by atoms with Crippen LogP contribution in [0.5, 0.6) is 11.5 Å². The molecule has 164 valence electrons. The Morgan fingerprint density at radius 3 is 2.56 bits per heavy atom. The molecule has 2 N–H and O–H groups in total. The average Bonchev–Trinajstić information content (AvgIpc) is 3.19. The van der Waals surface area contributed by atoms with Gasteiger partial charge in [0, 0.05) is 23.4 Å². The van der Waals surface area contributed by atoms with Crippen LogP contribution in [0.15, 0.2) is 42.5 Å². The number of ether oxygens (including phenoxy) is 2. The molecule has 2 aromatic carbocycles. The summed E-state index contributed by atoms with van der Waals surface area (Å²) in [5.41, 5.74) is 2.35. The maximum absolute atomic E-state index is 12.1. The number of nitriles is 1. The molecule has 0 aliphatic rings. The van der Waals surface area contributed by atoms with Crippen molar-refractivity contribution in [1.29, 1.82) is 5.26 Å². The smallest absolute Gasteiger partial charge is 0.313 e. The van der Waals surface area contributed by atoms with Crippen molar-refractivity contribution in [3.05, 3.63) is 58.6 Å². The number of rotatable bonds is 7. The molecule has 0 bridgehead atoms. The van der Waals surface area contributed by atoms with E-state index in [1.54, 1.807) is 38.5 Å². The molecule has 9 heteroatoms. The van der Waals surface area contributed by atoms with Crippen LogP contribution in [-0.4, -0.2) is 37.6 Å². The Morgan fingerprint density at radius 1 is 1.09 bits per heavy atom. The van der Waals surface area contributed by atoms with Crippen molar-refractivity contribution in [3.63, 3.8) is 0 Å². The Balaban J connectivity index is 1.60. The summed E-state index contributed by atoms with van der Waals surface area (Å²) in [7, 11) is 3.16. The van der Waals surface area contributed by atoms with Gasteiger partial charge in [-0.3, -0.25) is 9.59 Å². The Kier molecular flexibility index (Phi) is 7.41. The fourth-order valence-electron chi connectivity index (χ4n) is 2.99. The zero-order valence-electron chi connectivity index (χ0n) is 17.9. The highest BCUT2D eigenvalue weighted by molar-refractivity contribution is 7.15. The summed E-state index contributed by atoms with van der Waals surface area (Å²) in [6, 6.07) is 14.1. The molecule has 1 aromatic heterocycles. The summed E-state index contributed by atoms with van der Waals surface area (Å²) >= 11 is 1.52. The molecule has 3 aromatic rings. The highest BCUT2D eigenvalue weighted by Crippen LogP contribution is 2.35. The quantitative estimate of drug-likeness (QED) is 0.534. The van der Waals surface area contributed by atoms with Crippen LogP contribution >= 0.6 is 11.3 Å². The molecular weight excluding hydrogens is 428 g/mol. The van der Waals surface area contributed by atoms with E-state index in [1.807, 2.05) is 31.2 Å². The van der Waals surface area contributed by atoms with Crippen molar-refractivity contribution in [2.75, 3.05) is 26.1 Å². The highest BCUT2D eigenvalue weighted by Gasteiger charge is 2.16. The zero-order valence-corrected chi connectivity index (χ0v) is 18.7. The van der Waals surface area contributed by atoms with Crippen LogP contribution in [0.2, 0.25) is 0 Å². The predicted octanol–water partition coefficient (Wildman–Crippen LogP) is 3.30. The Morgan fingerprint density at radius 2 is 1.84 bits per heavy atom. The summed E-state index contributed by atoms with van der Waals surface area (Å²) in [6.07, 6.45) is 0.532. The molecular formula is C23H22N4O4S. The molecule has 0 saturated carbocycles. The number of aryl methyl sites for hydroxylation is 1. The van der Waals surface area contributed by atoms with Crippen molar-refractivity contribution in [2.24, 2.45) is 0 Å². The first kappa shape index (κ1) is 22.8. The monoisotopic (exact) mass is 450 g/mol. The Labute approximate surface area is 189 Å². The third kappa shape index (κ3) is 5.22. The van der Waals surface area contributed by atoms with Gasteiger partial charge in [0.15, 0.2) is 11.5 Å². The van der Waals surface area contributed by atoms with Crippen molar-refractivity contribution >= 4 is 28.8 Å². The number of amides is 2. The summed E-state index contributed by atoms with van der Waals surface area (Å²) < 4.78 is 10.6. The molecule has 0 unspecified atom stereocenters. The van der Waals surface area contributed by atoms with Gasteiger partial charge < -0.3 is 20.1 Å². The van der Waals surface area contributed by atoms with Gasteiger partial charge in [0.1, 0.15) is 11.1 Å². The Hall–Kier alpha value is -3.90. The lowest BCUT2D eigenvalue weighted by atomic mass is 10.2. The number of carbonyl (C=O) groups excluding carboxylic acids is 2. The fraction of sp³-hybridized carbons (Fsp3) is 0.217. The van der Waals surface area contributed by atoms with Crippen molar-refractivity contribution in [2.45, 2.75) is 13.3 Å². The third-order valence-electron chi connectivity index (χ3n) is 4.66. The SMILES string of the molecule is COc1ccc(-c2nc(C)c(CCNC(=O)C(=O)Nc3ccccc3C#N)s2)cc1OC. The number of nitrogens with one attached hydrogen (secondary N) is 2. The molecule has 1 heterocycles. The number of thiazole rings is 1. The number of anilines is 1. The third-order valence-corrected chi connectivity index (χ3v) is 5.93. The summed E-state index contributed by atoms with van der Waals surface area (Å²) in [5, 5.41) is 15.0. The molecule has 0 saturated heterocycles. The minimum Gasteiger partial charge on any atom is -0.493 e. The molecule has 0 radical (unpaired) electrons. The van der Waals surface area contributed by atoms with E-state index in [0.717, 1.165) is 21.1 Å². The lowest BCUT2D eigenvalue weighted by Gasteiger charge is -2.08. The van der Waals surface area contributed by atoms with Crippen molar-refractivity contribution in [1.82, 2.24) is 10.3 Å². The standard InChI is InChI=1S/C23H22N4O4S/c1-14-20(32-23(26-14)15-8-9-18(30-2)19(12-15)31-3)10-11-25-21(28)22(29)27-17-7-5-4-6-16(17)13-24/h4-9,12H,10-11H2,1-3H3,(H,25,28)(H,27,29). The number of hydrogen-bond acceptors (Lipinski definition) is 7. The van der Waals surface area contributed by atoms with Crippen LogP contribution in [0, 0.1) is 18.3 Å². The Bertz CT molecular complexity index is 1180. The highest BCUT2D eigenvalue weighted by atomic mass is 32.1. The van der Waals surface area contributed by atoms with Gasteiger partial charge in [-0.25, -0.2) is 4.98 Å². The first-order valence-electron chi connectivity index (χ1n) is 9.73. The van der Waals surface area contributed by atoms with Gasteiger partial charge in [0.05, 0.1) is 31.2 Å². The van der Waals surface area contributed by atoms with Crippen LogP contribution in [0.25, 0.3) is 10.6 Å². The first-order chi connectivity index (χ1) is 15.5. The van der Waals surface area contributed by atoms with Gasteiger partial charge in [0.25, 0.3) is 0 Å². The van der Waals surface area contributed by atoms with E-state index < -0.39 is 11.8 Å². The minimum absolute atomic E-state index is 0.278. The van der Waals surface area contributed by atoms with E-state index >= 15 is 0 Å². The van der Waals surface area contributed by atoms with Gasteiger partial charge in [-0.15, -0.1) is 11.3 Å².